The van der Waals surface area contributed by atoms with Crippen molar-refractivity contribution in [2.45, 2.75) is 49.0 Å². The van der Waals surface area contributed by atoms with Crippen LogP contribution in [-0.2, 0) is 17.1 Å². The summed E-state index contributed by atoms with van der Waals surface area (Å²) in [6.45, 7) is 0. The quantitative estimate of drug-likeness (QED) is 0.586. The van der Waals surface area contributed by atoms with Gasteiger partial charge in [0, 0.05) is 19.4 Å². The lowest BCUT2D eigenvalue weighted by atomic mass is 9.84. The number of ether oxygens (including phenoxy) is 1. The van der Waals surface area contributed by atoms with Gasteiger partial charge in [0.05, 0.1) is 12.0 Å². The Morgan fingerprint density at radius 1 is 1.03 bits per heavy atom. The fourth-order valence-electron chi connectivity index (χ4n) is 4.30. The Kier molecular flexibility index (Phi) is 6.43. The van der Waals surface area contributed by atoms with E-state index in [1.165, 1.54) is 37.7 Å². The number of aromatic nitrogens is 2. The largest absolute Gasteiger partial charge is 0.497 e. The molecular formula is C24H29N3O3S. The van der Waals surface area contributed by atoms with Crippen LogP contribution in [0.1, 0.15) is 61.0 Å². The first-order chi connectivity index (χ1) is 15.0. The number of imidazole rings is 1. The average Bonchev–Trinajstić information content (AvgIpc) is 3.24. The molecule has 0 amide bonds. The van der Waals surface area contributed by atoms with Crippen molar-refractivity contribution >= 4 is 10.0 Å². The van der Waals surface area contributed by atoms with E-state index in [4.69, 9.17) is 4.74 Å². The molecule has 1 aliphatic carbocycles. The third-order valence-corrected chi connectivity index (χ3v) is 7.54. The summed E-state index contributed by atoms with van der Waals surface area (Å²) in [6.07, 6.45) is 9.64. The van der Waals surface area contributed by atoms with Crippen LogP contribution in [0.5, 0.6) is 5.75 Å². The number of nitrogens with zero attached hydrogens (tertiary/aromatic N) is 2. The molecule has 0 bridgehead atoms. The molecule has 7 heteroatoms. The van der Waals surface area contributed by atoms with Crippen LogP contribution in [0.2, 0.25) is 0 Å². The molecule has 2 aromatic carbocycles. The lowest BCUT2D eigenvalue weighted by molar-refractivity contribution is 0.414. The molecule has 3 aromatic rings. The summed E-state index contributed by atoms with van der Waals surface area (Å²) in [5.74, 6) is 1.87. The van der Waals surface area contributed by atoms with E-state index >= 15 is 0 Å². The number of rotatable bonds is 7. The van der Waals surface area contributed by atoms with Gasteiger partial charge in [0.15, 0.2) is 0 Å². The molecule has 0 unspecified atom stereocenters. The number of sulfonamides is 1. The van der Waals surface area contributed by atoms with E-state index in [2.05, 4.69) is 9.71 Å². The molecule has 0 saturated heterocycles. The van der Waals surface area contributed by atoms with Gasteiger partial charge in [0.25, 0.3) is 0 Å². The minimum absolute atomic E-state index is 0.264. The second-order valence-corrected chi connectivity index (χ2v) is 9.84. The van der Waals surface area contributed by atoms with E-state index in [9.17, 15) is 8.42 Å². The van der Waals surface area contributed by atoms with Crippen LogP contribution >= 0.6 is 0 Å². The van der Waals surface area contributed by atoms with Crippen molar-refractivity contribution in [2.75, 3.05) is 7.11 Å². The zero-order chi connectivity index (χ0) is 21.8. The molecule has 4 rings (SSSR count). The van der Waals surface area contributed by atoms with E-state index < -0.39 is 16.1 Å². The van der Waals surface area contributed by atoms with Gasteiger partial charge >= 0.3 is 0 Å². The van der Waals surface area contributed by atoms with Crippen LogP contribution in [0.15, 0.2) is 65.8 Å². The van der Waals surface area contributed by atoms with E-state index in [0.29, 0.717) is 17.5 Å². The maximum absolute atomic E-state index is 13.3. The topological polar surface area (TPSA) is 73.2 Å². The van der Waals surface area contributed by atoms with Gasteiger partial charge in [-0.15, -0.1) is 0 Å². The predicted octanol–water partition coefficient (Wildman–Crippen LogP) is 4.54. The van der Waals surface area contributed by atoms with E-state index in [-0.39, 0.29) is 4.90 Å². The number of aryl methyl sites for hydroxylation is 1. The average molecular weight is 440 g/mol. The van der Waals surface area contributed by atoms with Crippen LogP contribution in [0.25, 0.3) is 0 Å². The van der Waals surface area contributed by atoms with Crippen molar-refractivity contribution in [3.63, 3.8) is 0 Å². The summed E-state index contributed by atoms with van der Waals surface area (Å²) in [5, 5.41) is 0. The highest BCUT2D eigenvalue weighted by Crippen LogP contribution is 2.33. The number of nitrogens with one attached hydrogen (secondary N) is 1. The van der Waals surface area contributed by atoms with Crippen molar-refractivity contribution in [1.29, 1.82) is 0 Å². The summed E-state index contributed by atoms with van der Waals surface area (Å²) >= 11 is 0. The first kappa shape index (κ1) is 21.6. The summed E-state index contributed by atoms with van der Waals surface area (Å²) < 4.78 is 36.4. The number of benzene rings is 2. The third-order valence-electron chi connectivity index (χ3n) is 6.11. The van der Waals surface area contributed by atoms with Crippen molar-refractivity contribution in [2.24, 2.45) is 7.05 Å². The van der Waals surface area contributed by atoms with E-state index in [1.807, 2.05) is 48.0 Å². The highest BCUT2D eigenvalue weighted by molar-refractivity contribution is 7.89. The summed E-state index contributed by atoms with van der Waals surface area (Å²) in [5.41, 5.74) is 2.02. The van der Waals surface area contributed by atoms with Gasteiger partial charge in [-0.1, -0.05) is 43.5 Å². The molecule has 1 fully saturated rings. The fraction of sp³-hybridized carbons (Fsp3) is 0.375. The van der Waals surface area contributed by atoms with E-state index in [0.717, 1.165) is 5.56 Å². The molecule has 31 heavy (non-hydrogen) atoms. The zero-order valence-electron chi connectivity index (χ0n) is 18.0. The minimum atomic E-state index is -3.75. The van der Waals surface area contributed by atoms with Crippen LogP contribution in [0.3, 0.4) is 0 Å². The summed E-state index contributed by atoms with van der Waals surface area (Å²) in [6, 6.07) is 14.1. The molecule has 1 heterocycles. The highest BCUT2D eigenvalue weighted by Gasteiger charge is 2.26. The van der Waals surface area contributed by atoms with E-state index in [1.54, 1.807) is 31.6 Å². The Balaban J connectivity index is 1.61. The van der Waals surface area contributed by atoms with Gasteiger partial charge < -0.3 is 9.30 Å². The Labute approximate surface area is 184 Å². The Hall–Kier alpha value is -2.64. The van der Waals surface area contributed by atoms with Gasteiger partial charge in [0.2, 0.25) is 10.0 Å². The minimum Gasteiger partial charge on any atom is -0.497 e. The molecule has 1 aromatic heterocycles. The summed E-state index contributed by atoms with van der Waals surface area (Å²) in [7, 11) is -0.293. The normalized spacial score (nSPS) is 16.2. The molecule has 0 radical (unpaired) electrons. The van der Waals surface area contributed by atoms with Crippen LogP contribution in [0.4, 0.5) is 0 Å². The summed E-state index contributed by atoms with van der Waals surface area (Å²) in [4.78, 5) is 4.66. The molecule has 0 spiro atoms. The van der Waals surface area contributed by atoms with Gasteiger partial charge in [-0.2, -0.15) is 4.72 Å². The molecule has 1 N–H and O–H groups in total. The van der Waals surface area contributed by atoms with Crippen molar-refractivity contribution in [1.82, 2.24) is 14.3 Å². The molecule has 1 saturated carbocycles. The predicted molar refractivity (Wildman–Crippen MR) is 121 cm³/mol. The third kappa shape index (κ3) is 4.83. The van der Waals surface area contributed by atoms with Gasteiger partial charge in [-0.25, -0.2) is 13.4 Å². The van der Waals surface area contributed by atoms with Crippen LogP contribution in [-0.4, -0.2) is 25.1 Å². The number of hydrogen-bond acceptors (Lipinski definition) is 4. The van der Waals surface area contributed by atoms with Crippen molar-refractivity contribution in [3.05, 3.63) is 77.9 Å². The highest BCUT2D eigenvalue weighted by atomic mass is 32.2. The van der Waals surface area contributed by atoms with Crippen LogP contribution < -0.4 is 9.46 Å². The SMILES string of the molecule is COc1ccc([C@@H](NS(=O)(=O)c2ccc(C3CCCCC3)cc2)c2nccn2C)cc1. The molecule has 1 atom stereocenters. The second-order valence-electron chi connectivity index (χ2n) is 8.13. The lowest BCUT2D eigenvalue weighted by Gasteiger charge is -2.22. The van der Waals surface area contributed by atoms with Gasteiger partial charge in [-0.3, -0.25) is 0 Å². The Bertz CT molecular complexity index is 1100. The molecule has 164 valence electrons. The molecular weight excluding hydrogens is 410 g/mol. The van der Waals surface area contributed by atoms with Crippen LogP contribution in [0, 0.1) is 0 Å². The fourth-order valence-corrected chi connectivity index (χ4v) is 5.48. The maximum atomic E-state index is 13.3. The number of methoxy groups -OCH3 is 1. The maximum Gasteiger partial charge on any atom is 0.241 e. The van der Waals surface area contributed by atoms with Crippen molar-refractivity contribution in [3.8, 4) is 5.75 Å². The first-order valence-electron chi connectivity index (χ1n) is 10.7. The van der Waals surface area contributed by atoms with Crippen molar-refractivity contribution < 1.29 is 13.2 Å². The lowest BCUT2D eigenvalue weighted by Crippen LogP contribution is -2.31. The molecule has 0 aliphatic heterocycles. The second kappa shape index (κ2) is 9.24. The Morgan fingerprint density at radius 2 is 1.71 bits per heavy atom. The number of hydrogen-bond donors (Lipinski definition) is 1. The first-order valence-corrected chi connectivity index (χ1v) is 12.2. The van der Waals surface area contributed by atoms with Gasteiger partial charge in [0.1, 0.15) is 17.6 Å². The standard InChI is InChI=1S/C24H29N3O3S/c1-27-17-16-25-24(27)23(20-8-12-21(30-2)13-9-20)26-31(28,29)22-14-10-19(11-15-22)18-6-4-3-5-7-18/h8-18,23,26H,3-7H2,1-2H3/t23-/m1/s1. The molecule has 6 nitrogen and oxygen atoms in total. The Morgan fingerprint density at radius 3 is 2.29 bits per heavy atom. The monoisotopic (exact) mass is 439 g/mol. The zero-order valence-corrected chi connectivity index (χ0v) is 18.8. The van der Waals surface area contributed by atoms with Gasteiger partial charge in [-0.05, 0) is 54.2 Å². The molecule has 1 aliphatic rings. The smallest absolute Gasteiger partial charge is 0.241 e.